The van der Waals surface area contributed by atoms with E-state index in [2.05, 4.69) is 35.6 Å². The maximum atomic E-state index is 12.6. The third-order valence-corrected chi connectivity index (χ3v) is 5.17. The highest BCUT2D eigenvalue weighted by Gasteiger charge is 2.34. The predicted octanol–water partition coefficient (Wildman–Crippen LogP) is 4.63. The van der Waals surface area contributed by atoms with E-state index in [-0.39, 0.29) is 11.3 Å². The fraction of sp³-hybridized carbons (Fsp3) is 0.381. The third kappa shape index (κ3) is 3.47. The van der Waals surface area contributed by atoms with Crippen LogP contribution in [0.15, 0.2) is 54.6 Å². The molecule has 0 heterocycles. The van der Waals surface area contributed by atoms with Gasteiger partial charge in [0.1, 0.15) is 0 Å². The number of aryl methyl sites for hydroxylation is 1. The van der Waals surface area contributed by atoms with Gasteiger partial charge in [0.05, 0.1) is 0 Å². The molecule has 2 heteroatoms. The lowest BCUT2D eigenvalue weighted by molar-refractivity contribution is 0.0936. The van der Waals surface area contributed by atoms with Gasteiger partial charge in [0.25, 0.3) is 5.91 Å². The zero-order valence-electron chi connectivity index (χ0n) is 13.8. The molecule has 0 radical (unpaired) electrons. The van der Waals surface area contributed by atoms with Crippen molar-refractivity contribution >= 4 is 5.91 Å². The smallest absolute Gasteiger partial charge is 0.251 e. The van der Waals surface area contributed by atoms with Crippen LogP contribution in [0.1, 0.15) is 53.6 Å². The molecule has 1 N–H and O–H groups in total. The van der Waals surface area contributed by atoms with Crippen LogP contribution in [0.25, 0.3) is 0 Å². The molecule has 2 nitrogen and oxygen atoms in total. The Hall–Kier alpha value is -2.09. The van der Waals surface area contributed by atoms with Gasteiger partial charge in [0.15, 0.2) is 0 Å². The highest BCUT2D eigenvalue weighted by molar-refractivity contribution is 5.95. The van der Waals surface area contributed by atoms with Crippen LogP contribution in [0.3, 0.4) is 0 Å². The van der Waals surface area contributed by atoms with Crippen molar-refractivity contribution in [3.05, 3.63) is 71.3 Å². The minimum atomic E-state index is 0.0454. The van der Waals surface area contributed by atoms with Gasteiger partial charge >= 0.3 is 0 Å². The second kappa shape index (κ2) is 6.99. The predicted molar refractivity (Wildman–Crippen MR) is 94.7 cm³/mol. The first-order valence-corrected chi connectivity index (χ1v) is 8.61. The number of hydrogen-bond acceptors (Lipinski definition) is 1. The van der Waals surface area contributed by atoms with Crippen LogP contribution in [-0.4, -0.2) is 12.5 Å². The Morgan fingerprint density at radius 1 is 0.957 bits per heavy atom. The van der Waals surface area contributed by atoms with E-state index >= 15 is 0 Å². The molecule has 1 aliphatic carbocycles. The summed E-state index contributed by atoms with van der Waals surface area (Å²) in [5.41, 5.74) is 3.27. The molecule has 1 fully saturated rings. The van der Waals surface area contributed by atoms with Gasteiger partial charge in [-0.1, -0.05) is 67.8 Å². The maximum absolute atomic E-state index is 12.6. The van der Waals surface area contributed by atoms with Crippen molar-refractivity contribution in [3.8, 4) is 0 Å². The van der Waals surface area contributed by atoms with Gasteiger partial charge in [-0.15, -0.1) is 0 Å². The third-order valence-electron chi connectivity index (χ3n) is 5.17. The Labute approximate surface area is 138 Å². The quantitative estimate of drug-likeness (QED) is 0.877. The summed E-state index contributed by atoms with van der Waals surface area (Å²) in [7, 11) is 0. The van der Waals surface area contributed by atoms with E-state index in [0.717, 1.165) is 30.5 Å². The van der Waals surface area contributed by atoms with Crippen LogP contribution < -0.4 is 5.32 Å². The summed E-state index contributed by atoms with van der Waals surface area (Å²) >= 11 is 0. The van der Waals surface area contributed by atoms with Crippen LogP contribution in [0.5, 0.6) is 0 Å². The molecule has 0 aromatic heterocycles. The zero-order chi connectivity index (χ0) is 16.1. The maximum Gasteiger partial charge on any atom is 0.251 e. The average molecular weight is 307 g/mol. The van der Waals surface area contributed by atoms with E-state index < -0.39 is 0 Å². The summed E-state index contributed by atoms with van der Waals surface area (Å²) in [4.78, 5) is 12.6. The van der Waals surface area contributed by atoms with Crippen LogP contribution in [0.2, 0.25) is 0 Å². The highest BCUT2D eigenvalue weighted by atomic mass is 16.1. The Morgan fingerprint density at radius 2 is 1.61 bits per heavy atom. The molecule has 0 unspecified atom stereocenters. The van der Waals surface area contributed by atoms with Crippen molar-refractivity contribution in [1.29, 1.82) is 0 Å². The zero-order valence-corrected chi connectivity index (χ0v) is 13.8. The van der Waals surface area contributed by atoms with Gasteiger partial charge in [-0.2, -0.15) is 0 Å². The van der Waals surface area contributed by atoms with Crippen LogP contribution >= 0.6 is 0 Å². The minimum Gasteiger partial charge on any atom is -0.351 e. The normalized spacial score (nSPS) is 16.7. The number of rotatable bonds is 4. The van der Waals surface area contributed by atoms with E-state index in [1.54, 1.807) is 0 Å². The number of benzene rings is 2. The molecule has 2 aromatic rings. The molecule has 23 heavy (non-hydrogen) atoms. The molecule has 1 amide bonds. The monoisotopic (exact) mass is 307 g/mol. The number of carbonyl (C=O) groups excluding carboxylic acids is 1. The summed E-state index contributed by atoms with van der Waals surface area (Å²) < 4.78 is 0. The number of amides is 1. The molecule has 0 bridgehead atoms. The summed E-state index contributed by atoms with van der Waals surface area (Å²) in [6.07, 6.45) is 6.11. The van der Waals surface area contributed by atoms with Gasteiger partial charge in [-0.05, 0) is 37.0 Å². The van der Waals surface area contributed by atoms with E-state index in [1.165, 1.54) is 24.8 Å². The van der Waals surface area contributed by atoms with E-state index in [0.29, 0.717) is 0 Å². The summed E-state index contributed by atoms with van der Waals surface area (Å²) in [5.74, 6) is 0.0454. The Kier molecular flexibility index (Phi) is 4.80. The molecule has 2 aromatic carbocycles. The average Bonchev–Trinajstić information content (AvgIpc) is 2.62. The summed E-state index contributed by atoms with van der Waals surface area (Å²) in [6, 6.07) is 18.5. The lowest BCUT2D eigenvalue weighted by Gasteiger charge is -2.38. The van der Waals surface area contributed by atoms with E-state index in [9.17, 15) is 4.79 Å². The Bertz CT molecular complexity index is 657. The molecular weight excluding hydrogens is 282 g/mol. The lowest BCUT2D eigenvalue weighted by atomic mass is 9.69. The topological polar surface area (TPSA) is 29.1 Å². The standard InChI is InChI=1S/C21H25NO/c1-17-10-6-7-13-19(17)20(23)22-16-21(14-8-3-9-15-21)18-11-4-2-5-12-18/h2,4-7,10-13H,3,8-9,14-16H2,1H3,(H,22,23). The number of hydrogen-bond donors (Lipinski definition) is 1. The molecule has 3 rings (SSSR count). The van der Waals surface area contributed by atoms with E-state index in [1.807, 2.05) is 31.2 Å². The van der Waals surface area contributed by atoms with Crippen LogP contribution in [0.4, 0.5) is 0 Å². The van der Waals surface area contributed by atoms with Crippen molar-refractivity contribution in [1.82, 2.24) is 5.32 Å². The Balaban J connectivity index is 1.78. The van der Waals surface area contributed by atoms with Crippen molar-refractivity contribution < 1.29 is 4.79 Å². The van der Waals surface area contributed by atoms with Gasteiger partial charge < -0.3 is 5.32 Å². The van der Waals surface area contributed by atoms with Gasteiger partial charge in [-0.3, -0.25) is 4.79 Å². The largest absolute Gasteiger partial charge is 0.351 e. The lowest BCUT2D eigenvalue weighted by Crippen LogP contribution is -2.42. The number of carbonyl (C=O) groups is 1. The molecule has 0 spiro atoms. The second-order valence-corrected chi connectivity index (χ2v) is 6.70. The molecule has 120 valence electrons. The first kappa shape index (κ1) is 15.8. The minimum absolute atomic E-state index is 0.0454. The second-order valence-electron chi connectivity index (χ2n) is 6.70. The molecule has 1 aliphatic rings. The Morgan fingerprint density at radius 3 is 2.30 bits per heavy atom. The van der Waals surface area contributed by atoms with Gasteiger partial charge in [0.2, 0.25) is 0 Å². The van der Waals surface area contributed by atoms with Crippen molar-refractivity contribution in [2.45, 2.75) is 44.4 Å². The summed E-state index contributed by atoms with van der Waals surface area (Å²) in [5, 5.41) is 3.21. The SMILES string of the molecule is Cc1ccccc1C(=O)NCC1(c2ccccc2)CCCCC1. The fourth-order valence-electron chi connectivity index (χ4n) is 3.76. The van der Waals surface area contributed by atoms with Crippen molar-refractivity contribution in [2.24, 2.45) is 0 Å². The number of nitrogens with one attached hydrogen (secondary N) is 1. The first-order valence-electron chi connectivity index (χ1n) is 8.61. The van der Waals surface area contributed by atoms with Crippen LogP contribution in [-0.2, 0) is 5.41 Å². The van der Waals surface area contributed by atoms with Crippen LogP contribution in [0, 0.1) is 6.92 Å². The summed E-state index contributed by atoms with van der Waals surface area (Å²) in [6.45, 7) is 2.71. The fourth-order valence-corrected chi connectivity index (χ4v) is 3.76. The molecule has 0 atom stereocenters. The molecule has 0 saturated heterocycles. The van der Waals surface area contributed by atoms with E-state index in [4.69, 9.17) is 0 Å². The molecule has 1 saturated carbocycles. The van der Waals surface area contributed by atoms with Crippen molar-refractivity contribution in [3.63, 3.8) is 0 Å². The highest BCUT2D eigenvalue weighted by Crippen LogP contribution is 2.38. The molecule has 0 aliphatic heterocycles. The first-order chi connectivity index (χ1) is 11.2. The van der Waals surface area contributed by atoms with Crippen molar-refractivity contribution in [2.75, 3.05) is 6.54 Å². The molecular formula is C21H25NO. The van der Waals surface area contributed by atoms with Gasteiger partial charge in [-0.25, -0.2) is 0 Å². The van der Waals surface area contributed by atoms with Gasteiger partial charge in [0, 0.05) is 17.5 Å².